The normalized spacial score (nSPS) is 19.2. The van der Waals surface area contributed by atoms with Crippen molar-refractivity contribution in [2.45, 2.75) is 30.8 Å². The van der Waals surface area contributed by atoms with E-state index >= 15 is 0 Å². The molecule has 5 heteroatoms. The lowest BCUT2D eigenvalue weighted by Crippen LogP contribution is -2.08. The van der Waals surface area contributed by atoms with Gasteiger partial charge in [0.15, 0.2) is 0 Å². The lowest BCUT2D eigenvalue weighted by Gasteiger charge is -2.05. The lowest BCUT2D eigenvalue weighted by atomic mass is 10.2. The predicted octanol–water partition coefficient (Wildman–Crippen LogP) is 1.88. The Morgan fingerprint density at radius 3 is 2.59 bits per heavy atom. The summed E-state index contributed by atoms with van der Waals surface area (Å²) < 4.78 is 33.5. The fourth-order valence-corrected chi connectivity index (χ4v) is 2.43. The van der Waals surface area contributed by atoms with Crippen LogP contribution in [0.2, 0.25) is 0 Å². The third-order valence-corrected chi connectivity index (χ3v) is 3.95. The van der Waals surface area contributed by atoms with E-state index in [1.54, 1.807) is 24.3 Å². The van der Waals surface area contributed by atoms with Gasteiger partial charge in [0.05, 0.1) is 24.2 Å². The molecule has 94 valence electrons. The van der Waals surface area contributed by atoms with Crippen molar-refractivity contribution in [1.82, 2.24) is 0 Å². The van der Waals surface area contributed by atoms with Crippen molar-refractivity contribution in [3.8, 4) is 0 Å². The van der Waals surface area contributed by atoms with E-state index in [0.29, 0.717) is 12.5 Å². The molecule has 1 unspecified atom stereocenters. The second kappa shape index (κ2) is 5.16. The van der Waals surface area contributed by atoms with Gasteiger partial charge in [-0.15, -0.1) is 0 Å². The molecule has 1 atom stereocenters. The molecule has 1 saturated heterocycles. The van der Waals surface area contributed by atoms with E-state index in [9.17, 15) is 8.42 Å². The smallest absolute Gasteiger partial charge is 0.296 e. The van der Waals surface area contributed by atoms with Crippen LogP contribution in [-0.2, 0) is 19.0 Å². The van der Waals surface area contributed by atoms with Gasteiger partial charge in [-0.25, -0.2) is 0 Å². The Morgan fingerprint density at radius 2 is 2.00 bits per heavy atom. The maximum absolute atomic E-state index is 11.8. The SMILES string of the molecule is Cc1ccc(S(=O)(=O)OCCCC2CO2)cc1. The average molecular weight is 256 g/mol. The van der Waals surface area contributed by atoms with E-state index in [-0.39, 0.29) is 11.5 Å². The fourth-order valence-electron chi connectivity index (χ4n) is 1.49. The highest BCUT2D eigenvalue weighted by molar-refractivity contribution is 7.86. The Labute approximate surface area is 102 Å². The summed E-state index contributed by atoms with van der Waals surface area (Å²) >= 11 is 0. The minimum Gasteiger partial charge on any atom is -0.373 e. The maximum Gasteiger partial charge on any atom is 0.296 e. The Balaban J connectivity index is 1.86. The Kier molecular flexibility index (Phi) is 3.81. The van der Waals surface area contributed by atoms with Crippen molar-refractivity contribution in [2.24, 2.45) is 0 Å². The molecule has 2 rings (SSSR count). The molecule has 4 nitrogen and oxygen atoms in total. The van der Waals surface area contributed by atoms with Crippen molar-refractivity contribution in [2.75, 3.05) is 13.2 Å². The van der Waals surface area contributed by atoms with Crippen LogP contribution in [0.4, 0.5) is 0 Å². The Morgan fingerprint density at radius 1 is 1.35 bits per heavy atom. The van der Waals surface area contributed by atoms with Crippen LogP contribution in [0, 0.1) is 6.92 Å². The molecule has 0 amide bonds. The van der Waals surface area contributed by atoms with Crippen molar-refractivity contribution < 1.29 is 17.3 Å². The van der Waals surface area contributed by atoms with Gasteiger partial charge in [-0.2, -0.15) is 8.42 Å². The van der Waals surface area contributed by atoms with Crippen molar-refractivity contribution in [3.05, 3.63) is 29.8 Å². The topological polar surface area (TPSA) is 55.9 Å². The van der Waals surface area contributed by atoms with Crippen LogP contribution in [0.25, 0.3) is 0 Å². The summed E-state index contributed by atoms with van der Waals surface area (Å²) in [6, 6.07) is 6.64. The molecule has 1 aromatic rings. The van der Waals surface area contributed by atoms with Gasteiger partial charge < -0.3 is 4.74 Å². The van der Waals surface area contributed by atoms with E-state index in [4.69, 9.17) is 8.92 Å². The van der Waals surface area contributed by atoms with Crippen molar-refractivity contribution in [3.63, 3.8) is 0 Å². The molecule has 0 aromatic heterocycles. The van der Waals surface area contributed by atoms with Gasteiger partial charge in [-0.1, -0.05) is 17.7 Å². The molecule has 0 spiro atoms. The zero-order chi connectivity index (χ0) is 12.3. The highest BCUT2D eigenvalue weighted by Crippen LogP contribution is 2.17. The Bertz CT molecular complexity index is 460. The van der Waals surface area contributed by atoms with Gasteiger partial charge in [-0.3, -0.25) is 4.18 Å². The van der Waals surface area contributed by atoms with Crippen LogP contribution in [0.5, 0.6) is 0 Å². The minimum atomic E-state index is -3.60. The molecule has 0 saturated carbocycles. The summed E-state index contributed by atoms with van der Waals surface area (Å²) in [4.78, 5) is 0.214. The minimum absolute atomic E-state index is 0.214. The van der Waals surface area contributed by atoms with E-state index in [1.807, 2.05) is 6.92 Å². The molecular formula is C12H16O4S. The van der Waals surface area contributed by atoms with Crippen LogP contribution in [0.15, 0.2) is 29.2 Å². The lowest BCUT2D eigenvalue weighted by molar-refractivity contribution is 0.296. The number of benzene rings is 1. The third-order valence-electron chi connectivity index (χ3n) is 2.62. The van der Waals surface area contributed by atoms with E-state index in [1.165, 1.54) is 0 Å². The van der Waals surface area contributed by atoms with Crippen molar-refractivity contribution >= 4 is 10.1 Å². The van der Waals surface area contributed by atoms with Crippen LogP contribution in [-0.4, -0.2) is 27.7 Å². The predicted molar refractivity (Wildman–Crippen MR) is 63.3 cm³/mol. The largest absolute Gasteiger partial charge is 0.373 e. The number of aryl methyl sites for hydroxylation is 1. The molecule has 0 bridgehead atoms. The first kappa shape index (κ1) is 12.5. The standard InChI is InChI=1S/C12H16O4S/c1-10-4-6-12(7-5-10)17(13,14)16-8-2-3-11-9-15-11/h4-7,11H,2-3,8-9H2,1H3. The molecule has 0 radical (unpaired) electrons. The Hall–Kier alpha value is -0.910. The van der Waals surface area contributed by atoms with Crippen LogP contribution >= 0.6 is 0 Å². The third kappa shape index (κ3) is 3.80. The van der Waals surface area contributed by atoms with Gasteiger partial charge in [0.25, 0.3) is 10.1 Å². The van der Waals surface area contributed by atoms with Gasteiger partial charge in [0.2, 0.25) is 0 Å². The molecule has 1 aliphatic heterocycles. The highest BCUT2D eigenvalue weighted by Gasteiger charge is 2.22. The zero-order valence-corrected chi connectivity index (χ0v) is 10.6. The number of hydrogen-bond acceptors (Lipinski definition) is 4. The summed E-state index contributed by atoms with van der Waals surface area (Å²) in [6.45, 7) is 2.92. The van der Waals surface area contributed by atoms with E-state index in [2.05, 4.69) is 0 Å². The molecule has 1 heterocycles. The van der Waals surface area contributed by atoms with Crippen LogP contribution < -0.4 is 0 Å². The first-order valence-electron chi connectivity index (χ1n) is 5.66. The van der Waals surface area contributed by atoms with E-state index < -0.39 is 10.1 Å². The summed E-state index contributed by atoms with van der Waals surface area (Å²) in [6.07, 6.45) is 1.89. The molecular weight excluding hydrogens is 240 g/mol. The molecule has 1 fully saturated rings. The number of hydrogen-bond donors (Lipinski definition) is 0. The molecule has 1 aromatic carbocycles. The summed E-state index contributed by atoms with van der Waals surface area (Å²) in [5.41, 5.74) is 1.02. The molecule has 1 aliphatic rings. The second-order valence-corrected chi connectivity index (χ2v) is 5.80. The van der Waals surface area contributed by atoms with Crippen LogP contribution in [0.3, 0.4) is 0 Å². The van der Waals surface area contributed by atoms with E-state index in [0.717, 1.165) is 18.6 Å². The van der Waals surface area contributed by atoms with Gasteiger partial charge >= 0.3 is 0 Å². The van der Waals surface area contributed by atoms with Gasteiger partial charge in [0.1, 0.15) is 0 Å². The summed E-state index contributed by atoms with van der Waals surface area (Å²) in [7, 11) is -3.60. The highest BCUT2D eigenvalue weighted by atomic mass is 32.2. The van der Waals surface area contributed by atoms with Gasteiger partial charge in [-0.05, 0) is 31.9 Å². The monoisotopic (exact) mass is 256 g/mol. The van der Waals surface area contributed by atoms with Gasteiger partial charge in [0, 0.05) is 0 Å². The molecule has 0 aliphatic carbocycles. The average Bonchev–Trinajstić information content (AvgIpc) is 3.09. The quantitative estimate of drug-likeness (QED) is 0.443. The first-order chi connectivity index (χ1) is 8.08. The number of epoxide rings is 1. The molecule has 17 heavy (non-hydrogen) atoms. The van der Waals surface area contributed by atoms with Crippen LogP contribution in [0.1, 0.15) is 18.4 Å². The maximum atomic E-state index is 11.8. The summed E-state index contributed by atoms with van der Waals surface area (Å²) in [5, 5.41) is 0. The second-order valence-electron chi connectivity index (χ2n) is 4.19. The van der Waals surface area contributed by atoms with Crippen molar-refractivity contribution in [1.29, 1.82) is 0 Å². The number of ether oxygens (including phenoxy) is 1. The molecule has 0 N–H and O–H groups in total. The first-order valence-corrected chi connectivity index (χ1v) is 7.06. The summed E-state index contributed by atoms with van der Waals surface area (Å²) in [5.74, 6) is 0. The fraction of sp³-hybridized carbons (Fsp3) is 0.500. The zero-order valence-electron chi connectivity index (χ0n) is 9.76. The number of rotatable bonds is 6.